The Labute approximate surface area is 84.0 Å². The summed E-state index contributed by atoms with van der Waals surface area (Å²) < 4.78 is 5.16. The molecule has 0 aromatic carbocycles. The Balaban J connectivity index is 2.26. The zero-order chi connectivity index (χ0) is 9.68. The number of thiol groups is 1. The fraction of sp³-hybridized carbons (Fsp3) is 0.875. The van der Waals surface area contributed by atoms with Crippen LogP contribution in [0.5, 0.6) is 0 Å². The minimum atomic E-state index is -0.206. The number of ether oxygens (including phenoxy) is 1. The van der Waals surface area contributed by atoms with Gasteiger partial charge >= 0.3 is 0 Å². The SMILES string of the molecule is CCC(S)C(=O)NN1CCOCC1. The van der Waals surface area contributed by atoms with Gasteiger partial charge in [-0.2, -0.15) is 12.6 Å². The van der Waals surface area contributed by atoms with E-state index >= 15 is 0 Å². The van der Waals surface area contributed by atoms with Crippen LogP contribution in [0.4, 0.5) is 0 Å². The lowest BCUT2D eigenvalue weighted by atomic mass is 10.3. The molecule has 1 heterocycles. The number of morpholine rings is 1. The molecule has 0 aromatic heterocycles. The van der Waals surface area contributed by atoms with Crippen molar-refractivity contribution < 1.29 is 9.53 Å². The van der Waals surface area contributed by atoms with Gasteiger partial charge in [-0.05, 0) is 6.42 Å². The van der Waals surface area contributed by atoms with Crippen LogP contribution in [0.1, 0.15) is 13.3 Å². The number of nitrogens with one attached hydrogen (secondary N) is 1. The topological polar surface area (TPSA) is 41.6 Å². The second kappa shape index (κ2) is 5.47. The van der Waals surface area contributed by atoms with E-state index in [-0.39, 0.29) is 11.2 Å². The molecule has 5 heteroatoms. The third kappa shape index (κ3) is 3.54. The number of nitrogens with zero attached hydrogens (tertiary/aromatic N) is 1. The van der Waals surface area contributed by atoms with Gasteiger partial charge in [-0.3, -0.25) is 10.2 Å². The highest BCUT2D eigenvalue weighted by molar-refractivity contribution is 7.81. The van der Waals surface area contributed by atoms with Crippen LogP contribution in [-0.4, -0.2) is 42.5 Å². The maximum atomic E-state index is 11.4. The quantitative estimate of drug-likeness (QED) is 0.639. The zero-order valence-corrected chi connectivity index (χ0v) is 8.72. The molecule has 13 heavy (non-hydrogen) atoms. The van der Waals surface area contributed by atoms with Crippen LogP contribution < -0.4 is 5.43 Å². The lowest BCUT2D eigenvalue weighted by Crippen LogP contribution is -2.50. The Hall–Kier alpha value is -0.260. The van der Waals surface area contributed by atoms with Crippen molar-refractivity contribution in [2.24, 2.45) is 0 Å². The highest BCUT2D eigenvalue weighted by Gasteiger charge is 2.16. The number of carbonyl (C=O) groups is 1. The number of carbonyl (C=O) groups excluding carboxylic acids is 1. The molecule has 1 amide bonds. The van der Waals surface area contributed by atoms with Gasteiger partial charge in [0.05, 0.1) is 18.5 Å². The first-order valence-corrected chi connectivity index (χ1v) is 5.07. The van der Waals surface area contributed by atoms with Crippen LogP contribution in [0.3, 0.4) is 0 Å². The van der Waals surface area contributed by atoms with E-state index in [1.807, 2.05) is 11.9 Å². The smallest absolute Gasteiger partial charge is 0.247 e. The minimum absolute atomic E-state index is 0.0206. The largest absolute Gasteiger partial charge is 0.379 e. The number of hydrogen-bond donors (Lipinski definition) is 2. The van der Waals surface area contributed by atoms with E-state index in [1.54, 1.807) is 0 Å². The lowest BCUT2D eigenvalue weighted by molar-refractivity contribution is -0.127. The van der Waals surface area contributed by atoms with Crippen LogP contribution in [0.2, 0.25) is 0 Å². The van der Waals surface area contributed by atoms with Gasteiger partial charge in [0.25, 0.3) is 0 Å². The van der Waals surface area contributed by atoms with E-state index in [1.165, 1.54) is 0 Å². The summed E-state index contributed by atoms with van der Waals surface area (Å²) in [6, 6.07) is 0. The number of rotatable bonds is 3. The summed E-state index contributed by atoms with van der Waals surface area (Å²) in [4.78, 5) is 11.4. The molecule has 0 bridgehead atoms. The molecule has 1 saturated heterocycles. The molecule has 1 N–H and O–H groups in total. The average molecular weight is 204 g/mol. The van der Waals surface area contributed by atoms with Crippen LogP contribution in [0.15, 0.2) is 0 Å². The molecule has 1 rings (SSSR count). The van der Waals surface area contributed by atoms with Crippen molar-refractivity contribution in [3.8, 4) is 0 Å². The predicted molar refractivity (Wildman–Crippen MR) is 53.6 cm³/mol. The van der Waals surface area contributed by atoms with Crippen LogP contribution >= 0.6 is 12.6 Å². The molecule has 1 fully saturated rings. The second-order valence-corrected chi connectivity index (χ2v) is 3.62. The number of hydrogen-bond acceptors (Lipinski definition) is 4. The molecule has 76 valence electrons. The van der Waals surface area contributed by atoms with Gasteiger partial charge in [0, 0.05) is 13.1 Å². The Morgan fingerprint density at radius 1 is 1.62 bits per heavy atom. The van der Waals surface area contributed by atoms with Crippen LogP contribution in [0.25, 0.3) is 0 Å². The molecule has 0 saturated carbocycles. The van der Waals surface area contributed by atoms with Crippen molar-refractivity contribution in [2.75, 3.05) is 26.3 Å². The fourth-order valence-corrected chi connectivity index (χ4v) is 1.15. The summed E-state index contributed by atoms with van der Waals surface area (Å²) in [6.45, 7) is 4.83. The highest BCUT2D eigenvalue weighted by Crippen LogP contribution is 2.01. The number of hydrazine groups is 1. The maximum Gasteiger partial charge on any atom is 0.247 e. The standard InChI is InChI=1S/C8H16N2O2S/c1-2-7(13)8(11)9-10-3-5-12-6-4-10/h7,13H,2-6H2,1H3,(H,9,11). The molecule has 0 radical (unpaired) electrons. The molecule has 1 atom stereocenters. The molecule has 0 spiro atoms. The van der Waals surface area contributed by atoms with Gasteiger partial charge in [0.2, 0.25) is 5.91 Å². The summed E-state index contributed by atoms with van der Waals surface area (Å²) in [5.41, 5.74) is 2.81. The van der Waals surface area contributed by atoms with Crippen molar-refractivity contribution in [3.05, 3.63) is 0 Å². The zero-order valence-electron chi connectivity index (χ0n) is 7.82. The third-order valence-corrected chi connectivity index (χ3v) is 2.57. The van der Waals surface area contributed by atoms with Gasteiger partial charge < -0.3 is 4.74 Å². The Morgan fingerprint density at radius 2 is 2.23 bits per heavy atom. The van der Waals surface area contributed by atoms with Crippen molar-refractivity contribution in [1.82, 2.24) is 10.4 Å². The van der Waals surface area contributed by atoms with E-state index in [0.29, 0.717) is 13.2 Å². The second-order valence-electron chi connectivity index (χ2n) is 3.00. The molecule has 0 aromatic rings. The van der Waals surface area contributed by atoms with Crippen molar-refractivity contribution in [3.63, 3.8) is 0 Å². The molecule has 1 unspecified atom stereocenters. The Kier molecular flexibility index (Phi) is 4.55. The first kappa shape index (κ1) is 10.8. The molecular weight excluding hydrogens is 188 g/mol. The first-order chi connectivity index (χ1) is 6.24. The van der Waals surface area contributed by atoms with Crippen LogP contribution in [0, 0.1) is 0 Å². The minimum Gasteiger partial charge on any atom is -0.379 e. The van der Waals surface area contributed by atoms with Gasteiger partial charge in [0.1, 0.15) is 0 Å². The van der Waals surface area contributed by atoms with Crippen LogP contribution in [-0.2, 0) is 9.53 Å². The predicted octanol–water partition coefficient (Wildman–Crippen LogP) is 0.0582. The summed E-state index contributed by atoms with van der Waals surface area (Å²) in [5.74, 6) is -0.0206. The normalized spacial score (nSPS) is 21.1. The Morgan fingerprint density at radius 3 is 2.77 bits per heavy atom. The van der Waals surface area contributed by atoms with E-state index in [2.05, 4.69) is 18.1 Å². The molecule has 0 aliphatic carbocycles. The summed E-state index contributed by atoms with van der Waals surface area (Å²) in [6.07, 6.45) is 0.749. The number of amides is 1. The van der Waals surface area contributed by atoms with Crippen molar-refractivity contribution in [1.29, 1.82) is 0 Å². The van der Waals surface area contributed by atoms with Crippen molar-refractivity contribution in [2.45, 2.75) is 18.6 Å². The molecule has 1 aliphatic heterocycles. The van der Waals surface area contributed by atoms with E-state index < -0.39 is 0 Å². The summed E-state index contributed by atoms with van der Waals surface area (Å²) in [5, 5.41) is 1.67. The highest BCUT2D eigenvalue weighted by atomic mass is 32.1. The van der Waals surface area contributed by atoms with Gasteiger partial charge in [-0.15, -0.1) is 0 Å². The fourth-order valence-electron chi connectivity index (χ4n) is 1.09. The van der Waals surface area contributed by atoms with Crippen molar-refractivity contribution >= 4 is 18.5 Å². The van der Waals surface area contributed by atoms with E-state index in [0.717, 1.165) is 19.5 Å². The molecular formula is C8H16N2O2S. The molecule has 1 aliphatic rings. The van der Waals surface area contributed by atoms with Gasteiger partial charge in [0.15, 0.2) is 0 Å². The maximum absolute atomic E-state index is 11.4. The van der Waals surface area contributed by atoms with Gasteiger partial charge in [-0.1, -0.05) is 6.92 Å². The van der Waals surface area contributed by atoms with E-state index in [4.69, 9.17) is 4.74 Å². The molecule has 4 nitrogen and oxygen atoms in total. The van der Waals surface area contributed by atoms with Gasteiger partial charge in [-0.25, -0.2) is 5.01 Å². The monoisotopic (exact) mass is 204 g/mol. The lowest BCUT2D eigenvalue weighted by Gasteiger charge is -2.27. The Bertz CT molecular complexity index is 172. The summed E-state index contributed by atoms with van der Waals surface area (Å²) in [7, 11) is 0. The van der Waals surface area contributed by atoms with E-state index in [9.17, 15) is 4.79 Å². The average Bonchev–Trinajstić information content (AvgIpc) is 2.18. The third-order valence-electron chi connectivity index (χ3n) is 1.97. The first-order valence-electron chi connectivity index (χ1n) is 4.55. The summed E-state index contributed by atoms with van der Waals surface area (Å²) >= 11 is 4.15.